The van der Waals surface area contributed by atoms with Gasteiger partial charge in [0.05, 0.1) is 18.1 Å². The van der Waals surface area contributed by atoms with Crippen LogP contribution in [0.2, 0.25) is 0 Å². The van der Waals surface area contributed by atoms with Gasteiger partial charge in [-0.15, -0.1) is 0 Å². The first-order chi connectivity index (χ1) is 20.3. The Kier molecular flexibility index (Phi) is 11.3. The Morgan fingerprint density at radius 3 is 1.62 bits per heavy atom. The predicted octanol–water partition coefficient (Wildman–Crippen LogP) is 6.02. The fourth-order valence-electron chi connectivity index (χ4n) is 5.20. The van der Waals surface area contributed by atoms with Gasteiger partial charge in [-0.05, 0) is 53.3 Å². The van der Waals surface area contributed by atoms with Crippen LogP contribution in [0.3, 0.4) is 0 Å². The quantitative estimate of drug-likeness (QED) is 0.185. The van der Waals surface area contributed by atoms with Crippen LogP contribution in [0.15, 0.2) is 120 Å². The maximum absolute atomic E-state index is 13.9. The summed E-state index contributed by atoms with van der Waals surface area (Å²) in [7, 11) is -2.32. The first-order valence-corrected chi connectivity index (χ1v) is 15.9. The molecule has 42 heavy (non-hydrogen) atoms. The third-order valence-electron chi connectivity index (χ3n) is 7.31. The standard InChI is InChI=1S/C35H42N2O4S/c1-28(2)24-37(42(39,40)33-21-19-32(41-3)20-22-33)27-35(38)34(23-29-13-7-4-8-14-29)36(25-30-15-9-5-10-16-30)26-31-17-11-6-12-18-31/h4-22,28,34-35,38H,23-27H2,1-3H3/t34-,35+/m0/s1. The lowest BCUT2D eigenvalue weighted by atomic mass is 9.97. The minimum absolute atomic E-state index is 0.0237. The molecule has 4 aromatic carbocycles. The van der Waals surface area contributed by atoms with E-state index in [9.17, 15) is 13.5 Å². The summed E-state index contributed by atoms with van der Waals surface area (Å²) < 4.78 is 34.5. The molecule has 0 aliphatic heterocycles. The molecule has 0 radical (unpaired) electrons. The van der Waals surface area contributed by atoms with E-state index in [2.05, 4.69) is 41.3 Å². The van der Waals surface area contributed by atoms with E-state index in [1.54, 1.807) is 31.4 Å². The molecule has 222 valence electrons. The van der Waals surface area contributed by atoms with Crippen LogP contribution in [0.4, 0.5) is 0 Å². The van der Waals surface area contributed by atoms with Crippen molar-refractivity contribution in [3.8, 4) is 5.75 Å². The molecule has 0 aliphatic carbocycles. The minimum atomic E-state index is -3.87. The highest BCUT2D eigenvalue weighted by atomic mass is 32.2. The summed E-state index contributed by atoms with van der Waals surface area (Å²) in [4.78, 5) is 2.46. The summed E-state index contributed by atoms with van der Waals surface area (Å²) >= 11 is 0. The lowest BCUT2D eigenvalue weighted by Crippen LogP contribution is -2.50. The summed E-state index contributed by atoms with van der Waals surface area (Å²) in [6, 6.07) is 36.6. The molecule has 0 bridgehead atoms. The van der Waals surface area contributed by atoms with E-state index in [1.165, 1.54) is 4.31 Å². The van der Waals surface area contributed by atoms with E-state index in [1.807, 2.05) is 68.4 Å². The van der Waals surface area contributed by atoms with E-state index in [4.69, 9.17) is 4.74 Å². The third kappa shape index (κ3) is 8.76. The largest absolute Gasteiger partial charge is 0.497 e. The molecule has 7 heteroatoms. The molecule has 0 aliphatic rings. The number of aliphatic hydroxyl groups is 1. The second kappa shape index (κ2) is 15.1. The van der Waals surface area contributed by atoms with Crippen molar-refractivity contribution in [2.24, 2.45) is 5.92 Å². The lowest BCUT2D eigenvalue weighted by Gasteiger charge is -2.37. The molecule has 0 aromatic heterocycles. The van der Waals surface area contributed by atoms with Crippen molar-refractivity contribution in [2.75, 3.05) is 20.2 Å². The molecule has 0 amide bonds. The fraction of sp³-hybridized carbons (Fsp3) is 0.314. The number of ether oxygens (including phenoxy) is 1. The van der Waals surface area contributed by atoms with Gasteiger partial charge < -0.3 is 9.84 Å². The van der Waals surface area contributed by atoms with Crippen LogP contribution in [0, 0.1) is 5.92 Å². The summed E-state index contributed by atoms with van der Waals surface area (Å²) in [5, 5.41) is 12.0. The smallest absolute Gasteiger partial charge is 0.243 e. The van der Waals surface area contributed by atoms with Crippen LogP contribution < -0.4 is 4.74 Å². The van der Waals surface area contributed by atoms with E-state index >= 15 is 0 Å². The van der Waals surface area contributed by atoms with Crippen molar-refractivity contribution in [3.05, 3.63) is 132 Å². The lowest BCUT2D eigenvalue weighted by molar-refractivity contribution is 0.0273. The molecule has 4 rings (SSSR count). The summed E-state index contributed by atoms with van der Waals surface area (Å²) in [5.41, 5.74) is 3.34. The van der Waals surface area contributed by atoms with Crippen molar-refractivity contribution in [3.63, 3.8) is 0 Å². The van der Waals surface area contributed by atoms with Crippen LogP contribution >= 0.6 is 0 Å². The predicted molar refractivity (Wildman–Crippen MR) is 169 cm³/mol. The fourth-order valence-corrected chi connectivity index (χ4v) is 6.82. The highest BCUT2D eigenvalue weighted by Crippen LogP contribution is 2.24. The molecule has 6 nitrogen and oxygen atoms in total. The molecule has 0 unspecified atom stereocenters. The van der Waals surface area contributed by atoms with Crippen molar-refractivity contribution in [2.45, 2.75) is 50.4 Å². The molecule has 2 atom stereocenters. The second-order valence-corrected chi connectivity index (χ2v) is 13.0. The van der Waals surface area contributed by atoms with E-state index < -0.39 is 16.1 Å². The van der Waals surface area contributed by atoms with Crippen molar-refractivity contribution < 1.29 is 18.3 Å². The van der Waals surface area contributed by atoms with E-state index in [0.717, 1.165) is 16.7 Å². The Labute approximate surface area is 251 Å². The van der Waals surface area contributed by atoms with Crippen LogP contribution in [-0.4, -0.2) is 55.1 Å². The van der Waals surface area contributed by atoms with Gasteiger partial charge in [-0.2, -0.15) is 4.31 Å². The number of sulfonamides is 1. The molecule has 0 saturated carbocycles. The topological polar surface area (TPSA) is 70.1 Å². The molecular formula is C35H42N2O4S. The normalized spacial score (nSPS) is 13.4. The highest BCUT2D eigenvalue weighted by Gasteiger charge is 2.33. The van der Waals surface area contributed by atoms with Gasteiger partial charge in [0.1, 0.15) is 5.75 Å². The maximum atomic E-state index is 13.9. The van der Waals surface area contributed by atoms with E-state index in [0.29, 0.717) is 31.8 Å². The monoisotopic (exact) mass is 586 g/mol. The van der Waals surface area contributed by atoms with Gasteiger partial charge in [0.2, 0.25) is 10.0 Å². The average Bonchev–Trinajstić information content (AvgIpc) is 3.00. The first-order valence-electron chi connectivity index (χ1n) is 14.4. The Morgan fingerprint density at radius 2 is 1.17 bits per heavy atom. The minimum Gasteiger partial charge on any atom is -0.497 e. The third-order valence-corrected chi connectivity index (χ3v) is 9.16. The SMILES string of the molecule is COc1ccc(S(=O)(=O)N(CC(C)C)C[C@@H](O)[C@H](Cc2ccccc2)N(Cc2ccccc2)Cc2ccccc2)cc1. The zero-order chi connectivity index (χ0) is 30.0. The highest BCUT2D eigenvalue weighted by molar-refractivity contribution is 7.89. The summed E-state index contributed by atoms with van der Waals surface area (Å²) in [5.74, 6) is 0.660. The van der Waals surface area contributed by atoms with Gasteiger partial charge in [0.15, 0.2) is 0 Å². The molecule has 1 N–H and O–H groups in total. The number of aliphatic hydroxyl groups excluding tert-OH is 1. The first kappa shape index (κ1) is 31.4. The molecular weight excluding hydrogens is 544 g/mol. The number of rotatable bonds is 15. The Hall–Kier alpha value is -3.49. The second-order valence-electron chi connectivity index (χ2n) is 11.1. The number of methoxy groups -OCH3 is 1. The number of hydrogen-bond donors (Lipinski definition) is 1. The molecule has 0 saturated heterocycles. The molecule has 0 heterocycles. The van der Waals surface area contributed by atoms with Crippen molar-refractivity contribution >= 4 is 10.0 Å². The summed E-state index contributed by atoms with van der Waals surface area (Å²) in [6.45, 7) is 5.47. The average molecular weight is 587 g/mol. The van der Waals surface area contributed by atoms with Gasteiger partial charge in [-0.1, -0.05) is 105 Å². The maximum Gasteiger partial charge on any atom is 0.243 e. The zero-order valence-corrected chi connectivity index (χ0v) is 25.5. The van der Waals surface area contributed by atoms with Crippen LogP contribution in [-0.2, 0) is 29.5 Å². The van der Waals surface area contributed by atoms with Crippen LogP contribution in [0.25, 0.3) is 0 Å². The van der Waals surface area contributed by atoms with Crippen molar-refractivity contribution in [1.82, 2.24) is 9.21 Å². The number of benzene rings is 4. The van der Waals surface area contributed by atoms with Gasteiger partial charge in [-0.3, -0.25) is 4.90 Å². The number of hydrogen-bond acceptors (Lipinski definition) is 5. The van der Waals surface area contributed by atoms with Gasteiger partial charge in [-0.25, -0.2) is 8.42 Å². The van der Waals surface area contributed by atoms with Crippen molar-refractivity contribution in [1.29, 1.82) is 0 Å². The Balaban J connectivity index is 1.70. The van der Waals surface area contributed by atoms with Crippen LogP contribution in [0.5, 0.6) is 5.75 Å². The van der Waals surface area contributed by atoms with Gasteiger partial charge in [0.25, 0.3) is 0 Å². The van der Waals surface area contributed by atoms with Gasteiger partial charge >= 0.3 is 0 Å². The zero-order valence-electron chi connectivity index (χ0n) is 24.7. The molecule has 4 aromatic rings. The van der Waals surface area contributed by atoms with E-state index in [-0.39, 0.29) is 23.4 Å². The summed E-state index contributed by atoms with van der Waals surface area (Å²) in [6.07, 6.45) is -0.385. The van der Waals surface area contributed by atoms with Crippen LogP contribution in [0.1, 0.15) is 30.5 Å². The Morgan fingerprint density at radius 1 is 0.690 bits per heavy atom. The molecule has 0 spiro atoms. The Bertz CT molecular complexity index is 1410. The molecule has 0 fully saturated rings. The number of nitrogens with zero attached hydrogens (tertiary/aromatic N) is 2. The van der Waals surface area contributed by atoms with Gasteiger partial charge in [0, 0.05) is 32.2 Å².